The lowest BCUT2D eigenvalue weighted by atomic mass is 9.70. The van der Waals surface area contributed by atoms with Crippen molar-refractivity contribution in [1.29, 1.82) is 0 Å². The molecule has 1 nitrogen and oxygen atoms in total. The molecule has 0 saturated carbocycles. The summed E-state index contributed by atoms with van der Waals surface area (Å²) in [4.78, 5) is 2.30. The van der Waals surface area contributed by atoms with E-state index in [4.69, 9.17) is 0 Å². The average molecular weight is 494 g/mol. The molecule has 1 unspecified atom stereocenters. The van der Waals surface area contributed by atoms with E-state index in [0.29, 0.717) is 0 Å². The second-order valence-electron chi connectivity index (χ2n) is 9.75. The van der Waals surface area contributed by atoms with Gasteiger partial charge in [-0.05, 0) is 65.0 Å². The van der Waals surface area contributed by atoms with Gasteiger partial charge in [0.1, 0.15) is 0 Å². The molecule has 1 aliphatic heterocycles. The second kappa shape index (κ2) is 11.0. The number of benzene rings is 2. The topological polar surface area (TPSA) is 3.24 Å². The van der Waals surface area contributed by atoms with E-state index in [2.05, 4.69) is 147 Å². The fraction of sp³-hybridized carbons (Fsp3) is 0.162. The van der Waals surface area contributed by atoms with E-state index >= 15 is 0 Å². The van der Waals surface area contributed by atoms with Gasteiger partial charge in [-0.1, -0.05) is 118 Å². The maximum atomic E-state index is 4.47. The van der Waals surface area contributed by atoms with E-state index in [1.807, 2.05) is 6.08 Å². The zero-order chi connectivity index (χ0) is 26.5. The van der Waals surface area contributed by atoms with E-state index in [1.54, 1.807) is 0 Å². The number of nitrogens with zero attached hydrogens (tertiary/aromatic N) is 1. The van der Waals surface area contributed by atoms with Crippen molar-refractivity contribution >= 4 is 16.8 Å². The summed E-state index contributed by atoms with van der Waals surface area (Å²) in [6.07, 6.45) is 29.1. The van der Waals surface area contributed by atoms with Crippen LogP contribution < -0.4 is 4.90 Å². The number of hydrogen-bond acceptors (Lipinski definition) is 1. The monoisotopic (exact) mass is 493 g/mol. The average Bonchev–Trinajstić information content (AvgIpc) is 3.52. The van der Waals surface area contributed by atoms with E-state index in [9.17, 15) is 0 Å². The quantitative estimate of drug-likeness (QED) is 0.261. The third-order valence-electron chi connectivity index (χ3n) is 7.44. The molecule has 0 saturated heterocycles. The summed E-state index contributed by atoms with van der Waals surface area (Å²) in [7, 11) is 0. The Hall–Kier alpha value is -4.32. The van der Waals surface area contributed by atoms with Crippen molar-refractivity contribution < 1.29 is 0 Å². The van der Waals surface area contributed by atoms with Crippen molar-refractivity contribution in [2.75, 3.05) is 4.90 Å². The Balaban J connectivity index is 1.90. The van der Waals surface area contributed by atoms with Crippen LogP contribution in [-0.2, 0) is 5.41 Å². The lowest BCUT2D eigenvalue weighted by Gasteiger charge is -2.36. The zero-order valence-corrected chi connectivity index (χ0v) is 22.5. The predicted molar refractivity (Wildman–Crippen MR) is 165 cm³/mol. The standard InChI is InChI=1S/C37H35N/c1-5-8-9-10-15-26-37(29-20-12-11-13-21-29)34-23-17-22-32(34)33-25-24-31-28(4)19-14-16-27-38(36(31)35(33)37)30(7-3)18-6-2/h7,9-16,18-27H,3-6,8H2,1-2H3/b10-9-,19-14-,26-15?,27-16-,30-18+. The third kappa shape index (κ3) is 4.16. The molecule has 1 heteroatoms. The van der Waals surface area contributed by atoms with Gasteiger partial charge >= 0.3 is 0 Å². The lowest BCUT2D eigenvalue weighted by molar-refractivity contribution is 0.794. The van der Waals surface area contributed by atoms with Gasteiger partial charge in [0, 0.05) is 23.0 Å². The highest BCUT2D eigenvalue weighted by atomic mass is 15.1. The first kappa shape index (κ1) is 25.3. The predicted octanol–water partition coefficient (Wildman–Crippen LogP) is 9.76. The van der Waals surface area contributed by atoms with Crippen LogP contribution in [0.3, 0.4) is 0 Å². The summed E-state index contributed by atoms with van der Waals surface area (Å²) < 4.78 is 0. The minimum atomic E-state index is -0.485. The van der Waals surface area contributed by atoms with Crippen molar-refractivity contribution in [2.24, 2.45) is 0 Å². The molecule has 3 aliphatic rings. The number of anilines is 1. The number of fused-ring (bicyclic) bond motifs is 4. The fourth-order valence-electron chi connectivity index (χ4n) is 5.76. The molecule has 2 aromatic rings. The van der Waals surface area contributed by atoms with Gasteiger partial charge in [0.2, 0.25) is 0 Å². The highest BCUT2D eigenvalue weighted by Gasteiger charge is 2.47. The molecule has 2 aromatic carbocycles. The zero-order valence-electron chi connectivity index (χ0n) is 22.5. The summed E-state index contributed by atoms with van der Waals surface area (Å²) in [5.74, 6) is 0. The normalized spacial score (nSPS) is 21.6. The largest absolute Gasteiger partial charge is 0.317 e. The van der Waals surface area contributed by atoms with Gasteiger partial charge in [0.05, 0.1) is 11.1 Å². The number of hydrogen-bond donors (Lipinski definition) is 0. The van der Waals surface area contributed by atoms with Crippen LogP contribution >= 0.6 is 0 Å². The van der Waals surface area contributed by atoms with E-state index < -0.39 is 5.41 Å². The molecule has 0 spiro atoms. The first-order valence-electron chi connectivity index (χ1n) is 13.6. The molecule has 38 heavy (non-hydrogen) atoms. The summed E-state index contributed by atoms with van der Waals surface area (Å²) in [5.41, 5.74) is 13.5. The summed E-state index contributed by atoms with van der Waals surface area (Å²) in [6, 6.07) is 15.4. The van der Waals surface area contributed by atoms with Gasteiger partial charge in [-0.2, -0.15) is 0 Å². The molecule has 1 atom stereocenters. The van der Waals surface area contributed by atoms with Crippen LogP contribution in [0, 0.1) is 0 Å². The van der Waals surface area contributed by atoms with Gasteiger partial charge < -0.3 is 4.90 Å². The van der Waals surface area contributed by atoms with E-state index in [0.717, 1.165) is 41.8 Å². The van der Waals surface area contributed by atoms with E-state index in [1.165, 1.54) is 27.8 Å². The number of allylic oxidation sites excluding steroid dienone is 13. The molecule has 2 aliphatic carbocycles. The smallest absolute Gasteiger partial charge is 0.0674 e. The van der Waals surface area contributed by atoms with Crippen molar-refractivity contribution in [2.45, 2.75) is 38.5 Å². The van der Waals surface area contributed by atoms with Crippen LogP contribution in [0.4, 0.5) is 5.69 Å². The molecule has 1 heterocycles. The van der Waals surface area contributed by atoms with Crippen LogP contribution in [0.1, 0.15) is 55.4 Å². The Morgan fingerprint density at radius 3 is 2.58 bits per heavy atom. The van der Waals surface area contributed by atoms with Crippen molar-refractivity contribution in [3.63, 3.8) is 0 Å². The second-order valence-corrected chi connectivity index (χ2v) is 9.75. The highest BCUT2D eigenvalue weighted by Crippen LogP contribution is 2.58. The Labute approximate surface area is 227 Å². The van der Waals surface area contributed by atoms with Gasteiger partial charge in [0.15, 0.2) is 0 Å². The molecule has 0 aromatic heterocycles. The van der Waals surface area contributed by atoms with Crippen molar-refractivity contribution in [3.05, 3.63) is 168 Å². The molecule has 0 bridgehead atoms. The van der Waals surface area contributed by atoms with Gasteiger partial charge in [-0.25, -0.2) is 0 Å². The van der Waals surface area contributed by atoms with Gasteiger partial charge in [0.25, 0.3) is 0 Å². The molecule has 5 rings (SSSR count). The Morgan fingerprint density at radius 1 is 1.00 bits per heavy atom. The van der Waals surface area contributed by atoms with Crippen LogP contribution in [0.5, 0.6) is 0 Å². The summed E-state index contributed by atoms with van der Waals surface area (Å²) in [5, 5.41) is 0. The Morgan fingerprint density at radius 2 is 1.82 bits per heavy atom. The van der Waals surface area contributed by atoms with Gasteiger partial charge in [-0.3, -0.25) is 0 Å². The molecular weight excluding hydrogens is 458 g/mol. The highest BCUT2D eigenvalue weighted by molar-refractivity contribution is 5.99. The summed E-state index contributed by atoms with van der Waals surface area (Å²) in [6.45, 7) is 13.0. The van der Waals surface area contributed by atoms with Gasteiger partial charge in [-0.15, -0.1) is 5.73 Å². The molecular formula is C37H35N. The SMILES string of the molecule is C=C/C(=C\CC)N1/C=C\C=C/C(=C)c2ccc3c(c21)C(C=C/C=C\CCC)(c1ccccc1)C1=C3C=C=C1. The van der Waals surface area contributed by atoms with Crippen molar-refractivity contribution in [3.8, 4) is 0 Å². The Bertz CT molecular complexity index is 1510. The molecule has 0 radical (unpaired) electrons. The number of rotatable bonds is 8. The first-order valence-corrected chi connectivity index (χ1v) is 13.6. The molecule has 0 fully saturated rings. The molecule has 188 valence electrons. The number of unbranched alkanes of at least 4 members (excludes halogenated alkanes) is 1. The maximum Gasteiger partial charge on any atom is 0.0674 e. The minimum Gasteiger partial charge on any atom is -0.317 e. The fourth-order valence-corrected chi connectivity index (χ4v) is 5.76. The van der Waals surface area contributed by atoms with Crippen LogP contribution in [0.2, 0.25) is 0 Å². The summed E-state index contributed by atoms with van der Waals surface area (Å²) >= 11 is 0. The van der Waals surface area contributed by atoms with Crippen LogP contribution in [0.25, 0.3) is 11.1 Å². The molecule has 0 N–H and O–H groups in total. The van der Waals surface area contributed by atoms with E-state index in [-0.39, 0.29) is 0 Å². The third-order valence-corrected chi connectivity index (χ3v) is 7.44. The Kier molecular flexibility index (Phi) is 7.31. The van der Waals surface area contributed by atoms with Crippen molar-refractivity contribution in [1.82, 2.24) is 0 Å². The maximum absolute atomic E-state index is 4.47. The lowest BCUT2D eigenvalue weighted by Crippen LogP contribution is -2.29. The first-order chi connectivity index (χ1) is 18.7. The minimum absolute atomic E-state index is 0.485. The van der Waals surface area contributed by atoms with Crippen LogP contribution in [0.15, 0.2) is 146 Å². The molecule has 0 amide bonds. The van der Waals surface area contributed by atoms with Crippen LogP contribution in [-0.4, -0.2) is 0 Å².